The zero-order valence-electron chi connectivity index (χ0n) is 12.2. The molecular weight excluding hydrogens is 319 g/mol. The van der Waals surface area contributed by atoms with Crippen molar-refractivity contribution in [3.8, 4) is 5.75 Å². The molecule has 0 amide bonds. The van der Waals surface area contributed by atoms with E-state index in [1.807, 2.05) is 42.6 Å². The summed E-state index contributed by atoms with van der Waals surface area (Å²) < 4.78 is 20.8. The largest absolute Gasteiger partial charge is 0.485 e. The van der Waals surface area contributed by atoms with Crippen LogP contribution in [0.25, 0.3) is 10.1 Å². The molecule has 0 unspecified atom stereocenters. The average Bonchev–Trinajstić information content (AvgIpc) is 2.93. The van der Waals surface area contributed by atoms with E-state index in [0.29, 0.717) is 22.8 Å². The summed E-state index contributed by atoms with van der Waals surface area (Å²) in [5.41, 5.74) is 2.11. The Bertz CT molecular complexity index is 769. The third-order valence-corrected chi connectivity index (χ3v) is 4.96. The van der Waals surface area contributed by atoms with Gasteiger partial charge in [-0.2, -0.15) is 0 Å². The van der Waals surface area contributed by atoms with Gasteiger partial charge in [-0.15, -0.1) is 22.9 Å². The first-order chi connectivity index (χ1) is 10.7. The second-order valence-electron chi connectivity index (χ2n) is 5.16. The lowest BCUT2D eigenvalue weighted by Crippen LogP contribution is -2.08. The Labute approximate surface area is 138 Å². The van der Waals surface area contributed by atoms with E-state index in [9.17, 15) is 4.39 Å². The Morgan fingerprint density at radius 1 is 1.18 bits per heavy atom. The lowest BCUT2D eigenvalue weighted by atomic mass is 10.1. The van der Waals surface area contributed by atoms with Gasteiger partial charge in [-0.25, -0.2) is 4.39 Å². The van der Waals surface area contributed by atoms with Crippen molar-refractivity contribution < 1.29 is 9.13 Å². The van der Waals surface area contributed by atoms with Gasteiger partial charge in [0.1, 0.15) is 17.7 Å². The molecule has 3 rings (SSSR count). The first kappa shape index (κ1) is 15.3. The summed E-state index contributed by atoms with van der Waals surface area (Å²) in [5, 5.41) is 2.82. The van der Waals surface area contributed by atoms with E-state index in [-0.39, 0.29) is 11.9 Å². The average molecular weight is 335 g/mol. The number of hydrogen-bond acceptors (Lipinski definition) is 2. The van der Waals surface area contributed by atoms with Gasteiger partial charge in [0.15, 0.2) is 0 Å². The smallest absolute Gasteiger partial charge is 0.141 e. The molecule has 0 aliphatic rings. The summed E-state index contributed by atoms with van der Waals surface area (Å²) in [4.78, 5) is 0. The molecule has 0 saturated heterocycles. The van der Waals surface area contributed by atoms with Crippen LogP contribution >= 0.6 is 22.9 Å². The number of hydrogen-bond donors (Lipinski definition) is 0. The maximum atomic E-state index is 13.9. The fourth-order valence-corrected chi connectivity index (χ4v) is 3.72. The van der Waals surface area contributed by atoms with Crippen LogP contribution in [0.15, 0.2) is 47.8 Å². The highest BCUT2D eigenvalue weighted by Gasteiger charge is 2.17. The van der Waals surface area contributed by atoms with Gasteiger partial charge in [0.05, 0.1) is 4.70 Å². The van der Waals surface area contributed by atoms with Crippen molar-refractivity contribution in [1.82, 2.24) is 0 Å². The van der Waals surface area contributed by atoms with Gasteiger partial charge in [-0.3, -0.25) is 0 Å². The molecule has 0 radical (unpaired) electrons. The third-order valence-electron chi connectivity index (χ3n) is 3.63. The number of alkyl halides is 1. The molecule has 0 spiro atoms. The van der Waals surface area contributed by atoms with Crippen LogP contribution in [0.1, 0.15) is 23.7 Å². The van der Waals surface area contributed by atoms with Crippen LogP contribution < -0.4 is 4.74 Å². The molecule has 0 bridgehead atoms. The second-order valence-corrected chi connectivity index (χ2v) is 6.42. The van der Waals surface area contributed by atoms with Crippen LogP contribution in [0.2, 0.25) is 0 Å². The number of thiophene rings is 1. The molecule has 0 saturated carbocycles. The van der Waals surface area contributed by atoms with Crippen LogP contribution in [0.5, 0.6) is 5.75 Å². The van der Waals surface area contributed by atoms with Crippen LogP contribution in [-0.2, 0) is 0 Å². The number of aryl methyl sites for hydroxylation is 1. The molecule has 0 aliphatic heterocycles. The molecule has 114 valence electrons. The zero-order chi connectivity index (χ0) is 15.5. The number of benzene rings is 2. The van der Waals surface area contributed by atoms with E-state index in [0.717, 1.165) is 16.5 Å². The van der Waals surface area contributed by atoms with Crippen molar-refractivity contribution in [1.29, 1.82) is 0 Å². The summed E-state index contributed by atoms with van der Waals surface area (Å²) >= 11 is 7.34. The molecule has 1 aromatic heterocycles. The maximum absolute atomic E-state index is 13.9. The number of ether oxygens (including phenoxy) is 1. The van der Waals surface area contributed by atoms with Crippen LogP contribution in [0.4, 0.5) is 4.39 Å². The van der Waals surface area contributed by atoms with Gasteiger partial charge in [-0.1, -0.05) is 30.3 Å². The van der Waals surface area contributed by atoms with E-state index in [1.165, 1.54) is 17.4 Å². The van der Waals surface area contributed by atoms with Crippen molar-refractivity contribution >= 4 is 33.0 Å². The monoisotopic (exact) mass is 334 g/mol. The van der Waals surface area contributed by atoms with Gasteiger partial charge in [-0.05, 0) is 35.6 Å². The van der Waals surface area contributed by atoms with Crippen molar-refractivity contribution in [3.63, 3.8) is 0 Å². The molecule has 2 aromatic carbocycles. The van der Waals surface area contributed by atoms with Crippen molar-refractivity contribution in [2.75, 3.05) is 5.88 Å². The second kappa shape index (κ2) is 6.67. The Morgan fingerprint density at radius 2 is 1.95 bits per heavy atom. The van der Waals surface area contributed by atoms with Crippen LogP contribution in [0, 0.1) is 12.7 Å². The minimum Gasteiger partial charge on any atom is -0.485 e. The van der Waals surface area contributed by atoms with E-state index in [2.05, 4.69) is 0 Å². The standard InChI is InChI=1S/C18H16ClFOS/c1-12-11-22-18-14(20)7-8-16(17(12)18)21-15(9-10-19)13-5-3-2-4-6-13/h2-8,11,15H,9-10H2,1H3/t15-/m0/s1. The summed E-state index contributed by atoms with van der Waals surface area (Å²) in [6.45, 7) is 1.98. The highest BCUT2D eigenvalue weighted by atomic mass is 35.5. The van der Waals surface area contributed by atoms with Gasteiger partial charge >= 0.3 is 0 Å². The van der Waals surface area contributed by atoms with Crippen LogP contribution in [-0.4, -0.2) is 5.88 Å². The molecule has 1 heterocycles. The minimum absolute atomic E-state index is 0.133. The predicted octanol–water partition coefficient (Wildman–Crippen LogP) is 6.10. The highest BCUT2D eigenvalue weighted by molar-refractivity contribution is 7.17. The molecule has 1 nitrogen and oxygen atoms in total. The SMILES string of the molecule is Cc1csc2c(F)ccc(O[C@@H](CCCl)c3ccccc3)c12. The molecule has 4 heteroatoms. The summed E-state index contributed by atoms with van der Waals surface area (Å²) in [6, 6.07) is 13.2. The van der Waals surface area contributed by atoms with Crippen molar-refractivity contribution in [2.45, 2.75) is 19.4 Å². The molecule has 0 fully saturated rings. The maximum Gasteiger partial charge on any atom is 0.141 e. The van der Waals surface area contributed by atoms with Crippen molar-refractivity contribution in [3.05, 3.63) is 64.8 Å². The van der Waals surface area contributed by atoms with Gasteiger partial charge in [0.25, 0.3) is 0 Å². The molecule has 0 N–H and O–H groups in total. The van der Waals surface area contributed by atoms with E-state index in [1.54, 1.807) is 6.07 Å². The predicted molar refractivity (Wildman–Crippen MR) is 91.7 cm³/mol. The molecule has 3 aromatic rings. The lowest BCUT2D eigenvalue weighted by molar-refractivity contribution is 0.205. The normalized spacial score (nSPS) is 12.5. The first-order valence-electron chi connectivity index (χ1n) is 7.14. The van der Waals surface area contributed by atoms with Crippen LogP contribution in [0.3, 0.4) is 0 Å². The molecule has 22 heavy (non-hydrogen) atoms. The minimum atomic E-state index is -0.200. The lowest BCUT2D eigenvalue weighted by Gasteiger charge is -2.20. The fourth-order valence-electron chi connectivity index (χ4n) is 2.55. The molecular formula is C18H16ClFOS. The Hall–Kier alpha value is -1.58. The Kier molecular flexibility index (Phi) is 4.65. The number of fused-ring (bicyclic) bond motifs is 1. The number of halogens is 2. The topological polar surface area (TPSA) is 9.23 Å². The Morgan fingerprint density at radius 3 is 2.68 bits per heavy atom. The highest BCUT2D eigenvalue weighted by Crippen LogP contribution is 2.37. The summed E-state index contributed by atoms with van der Waals surface area (Å²) in [7, 11) is 0. The van der Waals surface area contributed by atoms with E-state index in [4.69, 9.17) is 16.3 Å². The number of rotatable bonds is 5. The Balaban J connectivity index is 2.00. The van der Waals surface area contributed by atoms with Gasteiger partial charge < -0.3 is 4.74 Å². The van der Waals surface area contributed by atoms with Gasteiger partial charge in [0.2, 0.25) is 0 Å². The quantitative estimate of drug-likeness (QED) is 0.512. The first-order valence-corrected chi connectivity index (χ1v) is 8.56. The summed E-state index contributed by atoms with van der Waals surface area (Å²) in [5.74, 6) is 1.02. The molecule has 1 atom stereocenters. The van der Waals surface area contributed by atoms with E-state index < -0.39 is 0 Å². The fraction of sp³-hybridized carbons (Fsp3) is 0.222. The van der Waals surface area contributed by atoms with Crippen molar-refractivity contribution in [2.24, 2.45) is 0 Å². The third kappa shape index (κ3) is 2.96. The zero-order valence-corrected chi connectivity index (χ0v) is 13.8. The summed E-state index contributed by atoms with van der Waals surface area (Å²) in [6.07, 6.45) is 0.569. The van der Waals surface area contributed by atoms with Gasteiger partial charge in [0, 0.05) is 17.7 Å². The van der Waals surface area contributed by atoms with E-state index >= 15 is 0 Å². The molecule has 0 aliphatic carbocycles.